The summed E-state index contributed by atoms with van der Waals surface area (Å²) in [4.78, 5) is 13.0. The average molecular weight is 282 g/mol. The first-order valence-electron chi connectivity index (χ1n) is 5.85. The molecule has 1 heterocycles. The van der Waals surface area contributed by atoms with E-state index in [1.165, 1.54) is 11.3 Å². The first-order chi connectivity index (χ1) is 9.06. The summed E-state index contributed by atoms with van der Waals surface area (Å²) in [6.07, 6.45) is 1.82. The summed E-state index contributed by atoms with van der Waals surface area (Å²) in [7, 11) is 0. The molecule has 1 nitrogen and oxygen atoms in total. The first kappa shape index (κ1) is 12.4. The van der Waals surface area contributed by atoms with Gasteiger partial charge in [-0.15, -0.1) is 11.3 Å². The monoisotopic (exact) mass is 282 g/mol. The average Bonchev–Trinajstić information content (AvgIpc) is 3.11. The van der Waals surface area contributed by atoms with Gasteiger partial charge in [0.25, 0.3) is 0 Å². The van der Waals surface area contributed by atoms with Crippen molar-refractivity contribution in [2.45, 2.75) is 12.8 Å². The van der Waals surface area contributed by atoms with E-state index in [2.05, 4.69) is 0 Å². The Morgan fingerprint density at radius 2 is 1.74 bits per heavy atom. The molecule has 0 bridgehead atoms. The van der Waals surface area contributed by atoms with Gasteiger partial charge in [0.2, 0.25) is 0 Å². The molecule has 0 unspecified atom stereocenters. The molecule has 0 N–H and O–H groups in total. The van der Waals surface area contributed by atoms with Crippen LogP contribution in [0, 0.1) is 23.4 Å². The summed E-state index contributed by atoms with van der Waals surface area (Å²) in [5, 5.41) is 0. The predicted molar refractivity (Wildman–Crippen MR) is 66.7 cm³/mol. The molecule has 1 saturated carbocycles. The highest BCUT2D eigenvalue weighted by Crippen LogP contribution is 2.37. The van der Waals surface area contributed by atoms with Gasteiger partial charge in [0.05, 0.1) is 4.88 Å². The number of halogens is 3. The van der Waals surface area contributed by atoms with Gasteiger partial charge in [0, 0.05) is 10.8 Å². The van der Waals surface area contributed by atoms with Crippen molar-refractivity contribution in [2.24, 2.45) is 5.92 Å². The molecular weight excluding hydrogens is 273 g/mol. The van der Waals surface area contributed by atoms with E-state index in [0.717, 1.165) is 25.0 Å². The molecule has 0 radical (unpaired) electrons. The van der Waals surface area contributed by atoms with E-state index in [-0.39, 0.29) is 17.3 Å². The van der Waals surface area contributed by atoms with Gasteiger partial charge in [0.15, 0.2) is 23.2 Å². The molecule has 98 valence electrons. The maximum atomic E-state index is 13.2. The Balaban J connectivity index is 1.96. The zero-order valence-electron chi connectivity index (χ0n) is 9.75. The first-order valence-corrected chi connectivity index (χ1v) is 6.67. The second-order valence-corrected chi connectivity index (χ2v) is 5.64. The van der Waals surface area contributed by atoms with Crippen LogP contribution in [-0.4, -0.2) is 5.78 Å². The number of hydrogen-bond donors (Lipinski definition) is 0. The van der Waals surface area contributed by atoms with E-state index in [4.69, 9.17) is 0 Å². The van der Waals surface area contributed by atoms with Gasteiger partial charge in [-0.05, 0) is 42.7 Å². The van der Waals surface area contributed by atoms with Crippen LogP contribution in [0.4, 0.5) is 13.2 Å². The maximum absolute atomic E-state index is 13.2. The van der Waals surface area contributed by atoms with Crippen molar-refractivity contribution in [3.63, 3.8) is 0 Å². The summed E-state index contributed by atoms with van der Waals surface area (Å²) < 4.78 is 39.2. The topological polar surface area (TPSA) is 17.1 Å². The SMILES string of the molecule is O=C(c1ccc(-c2cc(F)c(F)c(F)c2)s1)C1CC1. The molecule has 0 saturated heterocycles. The fourth-order valence-corrected chi connectivity index (χ4v) is 2.88. The highest BCUT2D eigenvalue weighted by molar-refractivity contribution is 7.17. The van der Waals surface area contributed by atoms with Gasteiger partial charge < -0.3 is 0 Å². The van der Waals surface area contributed by atoms with Crippen LogP contribution >= 0.6 is 11.3 Å². The Kier molecular flexibility index (Phi) is 2.93. The van der Waals surface area contributed by atoms with E-state index in [1.807, 2.05) is 0 Å². The van der Waals surface area contributed by atoms with Crippen LogP contribution in [0.2, 0.25) is 0 Å². The number of rotatable bonds is 3. The van der Waals surface area contributed by atoms with Crippen molar-refractivity contribution < 1.29 is 18.0 Å². The van der Waals surface area contributed by atoms with Gasteiger partial charge in [0.1, 0.15) is 0 Å². The summed E-state index contributed by atoms with van der Waals surface area (Å²) in [6.45, 7) is 0. The lowest BCUT2D eigenvalue weighted by molar-refractivity contribution is 0.0971. The van der Waals surface area contributed by atoms with Gasteiger partial charge in [-0.2, -0.15) is 0 Å². The Morgan fingerprint density at radius 3 is 2.32 bits per heavy atom. The van der Waals surface area contributed by atoms with Crippen molar-refractivity contribution in [3.8, 4) is 10.4 Å². The Morgan fingerprint density at radius 1 is 1.11 bits per heavy atom. The van der Waals surface area contributed by atoms with Crippen LogP contribution in [-0.2, 0) is 0 Å². The minimum absolute atomic E-state index is 0.0827. The summed E-state index contributed by atoms with van der Waals surface area (Å²) in [6, 6.07) is 5.16. The molecule has 1 aromatic carbocycles. The van der Waals surface area contributed by atoms with Gasteiger partial charge in [-0.1, -0.05) is 0 Å². The van der Waals surface area contributed by atoms with Crippen LogP contribution in [0.15, 0.2) is 24.3 Å². The highest BCUT2D eigenvalue weighted by atomic mass is 32.1. The van der Waals surface area contributed by atoms with Crippen molar-refractivity contribution in [1.29, 1.82) is 0 Å². The maximum Gasteiger partial charge on any atom is 0.194 e. The molecule has 1 fully saturated rings. The molecule has 0 aliphatic heterocycles. The summed E-state index contributed by atoms with van der Waals surface area (Å²) in [5.74, 6) is -3.74. The molecule has 3 rings (SSSR count). The van der Waals surface area contributed by atoms with E-state index in [9.17, 15) is 18.0 Å². The predicted octanol–water partition coefficient (Wildman–Crippen LogP) is 4.43. The van der Waals surface area contributed by atoms with Crippen LogP contribution in [0.5, 0.6) is 0 Å². The van der Waals surface area contributed by atoms with Crippen LogP contribution in [0.3, 0.4) is 0 Å². The minimum atomic E-state index is -1.48. The third-order valence-electron chi connectivity index (χ3n) is 3.07. The Hall–Kier alpha value is -1.62. The normalized spacial score (nSPS) is 14.7. The van der Waals surface area contributed by atoms with Gasteiger partial charge in [-0.25, -0.2) is 13.2 Å². The molecule has 0 spiro atoms. The fraction of sp³-hybridized carbons (Fsp3) is 0.214. The number of hydrogen-bond acceptors (Lipinski definition) is 2. The standard InChI is InChI=1S/C14H9F3OS/c15-9-5-8(6-10(16)13(9)17)11-3-4-12(19-11)14(18)7-1-2-7/h3-7H,1-2H2. The number of ketones is 1. The van der Waals surface area contributed by atoms with Gasteiger partial charge >= 0.3 is 0 Å². The van der Waals surface area contributed by atoms with Crippen LogP contribution < -0.4 is 0 Å². The van der Waals surface area contributed by atoms with E-state index < -0.39 is 17.5 Å². The van der Waals surface area contributed by atoms with Crippen molar-refractivity contribution in [3.05, 3.63) is 46.6 Å². The highest BCUT2D eigenvalue weighted by Gasteiger charge is 2.31. The van der Waals surface area contributed by atoms with E-state index in [0.29, 0.717) is 9.75 Å². The van der Waals surface area contributed by atoms with Crippen molar-refractivity contribution >= 4 is 17.1 Å². The molecule has 1 aliphatic rings. The smallest absolute Gasteiger partial charge is 0.194 e. The lowest BCUT2D eigenvalue weighted by atomic mass is 10.1. The van der Waals surface area contributed by atoms with E-state index in [1.54, 1.807) is 12.1 Å². The second-order valence-electron chi connectivity index (χ2n) is 4.56. The molecule has 0 amide bonds. The number of carbonyl (C=O) groups excluding carboxylic acids is 1. The zero-order valence-corrected chi connectivity index (χ0v) is 10.6. The quantitative estimate of drug-likeness (QED) is 0.601. The zero-order chi connectivity index (χ0) is 13.6. The molecule has 2 aromatic rings. The van der Waals surface area contributed by atoms with E-state index >= 15 is 0 Å². The minimum Gasteiger partial charge on any atom is -0.293 e. The van der Waals surface area contributed by atoms with Crippen molar-refractivity contribution in [1.82, 2.24) is 0 Å². The number of thiophene rings is 1. The molecule has 1 aromatic heterocycles. The fourth-order valence-electron chi connectivity index (χ4n) is 1.87. The largest absolute Gasteiger partial charge is 0.293 e. The van der Waals surface area contributed by atoms with Crippen molar-refractivity contribution in [2.75, 3.05) is 0 Å². The molecular formula is C14H9F3OS. The molecule has 1 aliphatic carbocycles. The Bertz CT molecular complexity index is 635. The lowest BCUT2D eigenvalue weighted by Gasteiger charge is -2.00. The molecule has 5 heteroatoms. The third kappa shape index (κ3) is 2.30. The Labute approximate surface area is 111 Å². The lowest BCUT2D eigenvalue weighted by Crippen LogP contribution is -1.96. The number of carbonyl (C=O) groups is 1. The summed E-state index contributed by atoms with van der Waals surface area (Å²) in [5.41, 5.74) is 0.247. The number of Topliss-reactive ketones (excluding diaryl/α,β-unsaturated/α-hetero) is 1. The number of benzene rings is 1. The van der Waals surface area contributed by atoms with Crippen LogP contribution in [0.25, 0.3) is 10.4 Å². The summed E-state index contributed by atoms with van der Waals surface area (Å²) >= 11 is 1.18. The van der Waals surface area contributed by atoms with Gasteiger partial charge in [-0.3, -0.25) is 4.79 Å². The second kappa shape index (κ2) is 4.49. The molecule has 19 heavy (non-hydrogen) atoms. The molecule has 0 atom stereocenters. The third-order valence-corrected chi connectivity index (χ3v) is 4.21. The van der Waals surface area contributed by atoms with Crippen LogP contribution in [0.1, 0.15) is 22.5 Å².